The summed E-state index contributed by atoms with van der Waals surface area (Å²) in [4.78, 5) is 10.5. The fourth-order valence-electron chi connectivity index (χ4n) is 1.58. The van der Waals surface area contributed by atoms with E-state index in [4.69, 9.17) is 4.74 Å². The summed E-state index contributed by atoms with van der Waals surface area (Å²) in [6, 6.07) is 4.78. The van der Waals surface area contributed by atoms with Gasteiger partial charge in [0.15, 0.2) is 0 Å². The van der Waals surface area contributed by atoms with E-state index in [0.717, 1.165) is 24.4 Å². The van der Waals surface area contributed by atoms with E-state index in [1.54, 1.807) is 17.8 Å². The van der Waals surface area contributed by atoms with Gasteiger partial charge >= 0.3 is 0 Å². The number of ether oxygens (including phenoxy) is 1. The minimum absolute atomic E-state index is 0.00801. The molecular formula is C13H20N2O3S. The van der Waals surface area contributed by atoms with Gasteiger partial charge in [-0.25, -0.2) is 0 Å². The Morgan fingerprint density at radius 1 is 1.42 bits per heavy atom. The van der Waals surface area contributed by atoms with Crippen molar-refractivity contribution in [3.05, 3.63) is 28.3 Å². The average Bonchev–Trinajstić information content (AvgIpc) is 2.33. The molecule has 0 saturated heterocycles. The summed E-state index contributed by atoms with van der Waals surface area (Å²) in [5.74, 6) is 1.59. The van der Waals surface area contributed by atoms with Crippen LogP contribution in [0.3, 0.4) is 0 Å². The van der Waals surface area contributed by atoms with Gasteiger partial charge in [0.1, 0.15) is 5.75 Å². The molecule has 1 aromatic carbocycles. The summed E-state index contributed by atoms with van der Waals surface area (Å²) < 4.78 is 5.52. The second kappa shape index (κ2) is 7.89. The van der Waals surface area contributed by atoms with Gasteiger partial charge in [0, 0.05) is 24.4 Å². The SMILES string of the molecule is CSCCCNc1cc(OC(C)C)cc([N+](=O)[O-])c1. The van der Waals surface area contributed by atoms with Crippen LogP contribution in [0.5, 0.6) is 5.75 Å². The molecule has 0 aliphatic carbocycles. The van der Waals surface area contributed by atoms with E-state index in [1.807, 2.05) is 13.8 Å². The zero-order valence-corrected chi connectivity index (χ0v) is 12.3. The van der Waals surface area contributed by atoms with Gasteiger partial charge in [-0.3, -0.25) is 10.1 Å². The van der Waals surface area contributed by atoms with Gasteiger partial charge in [-0.05, 0) is 32.3 Å². The topological polar surface area (TPSA) is 64.4 Å². The first kappa shape index (κ1) is 15.6. The number of anilines is 1. The van der Waals surface area contributed by atoms with Crippen LogP contribution >= 0.6 is 11.8 Å². The fraction of sp³-hybridized carbons (Fsp3) is 0.538. The predicted molar refractivity (Wildman–Crippen MR) is 80.3 cm³/mol. The third-order valence-corrected chi connectivity index (χ3v) is 3.03. The largest absolute Gasteiger partial charge is 0.491 e. The number of nitrogens with zero attached hydrogens (tertiary/aromatic N) is 1. The third-order valence-electron chi connectivity index (χ3n) is 2.33. The number of hydrogen-bond donors (Lipinski definition) is 1. The van der Waals surface area contributed by atoms with Crippen LogP contribution < -0.4 is 10.1 Å². The summed E-state index contributed by atoms with van der Waals surface area (Å²) in [7, 11) is 0. The van der Waals surface area contributed by atoms with Crippen molar-refractivity contribution >= 4 is 23.1 Å². The van der Waals surface area contributed by atoms with Gasteiger partial charge < -0.3 is 10.1 Å². The molecule has 1 N–H and O–H groups in total. The summed E-state index contributed by atoms with van der Waals surface area (Å²) in [6.07, 6.45) is 3.07. The summed E-state index contributed by atoms with van der Waals surface area (Å²) in [5, 5.41) is 14.1. The van der Waals surface area contributed by atoms with Gasteiger partial charge in [0.2, 0.25) is 0 Å². The molecule has 1 aromatic rings. The molecule has 0 aromatic heterocycles. The standard InChI is InChI=1S/C13H20N2O3S/c1-10(2)18-13-8-11(14-5-4-6-19-3)7-12(9-13)15(16)17/h7-10,14H,4-6H2,1-3H3. The first-order valence-electron chi connectivity index (χ1n) is 6.22. The number of hydrogen-bond acceptors (Lipinski definition) is 5. The Kier molecular flexibility index (Phi) is 6.49. The smallest absolute Gasteiger partial charge is 0.275 e. The Hall–Kier alpha value is -1.43. The number of thioether (sulfide) groups is 1. The molecule has 0 bridgehead atoms. The molecule has 5 nitrogen and oxygen atoms in total. The maximum absolute atomic E-state index is 10.9. The number of nitrogens with one attached hydrogen (secondary N) is 1. The van der Waals surface area contributed by atoms with E-state index in [2.05, 4.69) is 11.6 Å². The summed E-state index contributed by atoms with van der Waals surface area (Å²) in [6.45, 7) is 4.58. The molecule has 0 aliphatic rings. The maximum atomic E-state index is 10.9. The highest BCUT2D eigenvalue weighted by Crippen LogP contribution is 2.26. The van der Waals surface area contributed by atoms with Crippen molar-refractivity contribution in [2.24, 2.45) is 0 Å². The molecule has 0 radical (unpaired) electrons. The molecule has 0 saturated carbocycles. The van der Waals surface area contributed by atoms with Gasteiger partial charge in [0.25, 0.3) is 5.69 Å². The van der Waals surface area contributed by atoms with E-state index in [-0.39, 0.29) is 11.8 Å². The van der Waals surface area contributed by atoms with Gasteiger partial charge in [0.05, 0.1) is 17.1 Å². The van der Waals surface area contributed by atoms with Crippen LogP contribution in [0.1, 0.15) is 20.3 Å². The molecule has 0 unspecified atom stereocenters. The number of nitro benzene ring substituents is 1. The van der Waals surface area contributed by atoms with E-state index in [1.165, 1.54) is 12.1 Å². The van der Waals surface area contributed by atoms with Crippen molar-refractivity contribution in [2.75, 3.05) is 23.9 Å². The van der Waals surface area contributed by atoms with Gasteiger partial charge in [-0.2, -0.15) is 11.8 Å². The molecular weight excluding hydrogens is 264 g/mol. The normalized spacial score (nSPS) is 10.5. The van der Waals surface area contributed by atoms with Crippen LogP contribution in [0.15, 0.2) is 18.2 Å². The Bertz CT molecular complexity index is 424. The van der Waals surface area contributed by atoms with Crippen molar-refractivity contribution in [1.29, 1.82) is 0 Å². The number of benzene rings is 1. The monoisotopic (exact) mass is 284 g/mol. The number of non-ortho nitro benzene ring substituents is 1. The second-order valence-electron chi connectivity index (χ2n) is 4.41. The minimum atomic E-state index is -0.403. The van der Waals surface area contributed by atoms with E-state index in [0.29, 0.717) is 5.75 Å². The van der Waals surface area contributed by atoms with Gasteiger partial charge in [-0.15, -0.1) is 0 Å². The highest BCUT2D eigenvalue weighted by molar-refractivity contribution is 7.98. The molecule has 0 heterocycles. The lowest BCUT2D eigenvalue weighted by Gasteiger charge is -2.12. The van der Waals surface area contributed by atoms with Crippen LogP contribution in [0, 0.1) is 10.1 Å². The van der Waals surface area contributed by atoms with Crippen LogP contribution in [-0.4, -0.2) is 29.6 Å². The summed E-state index contributed by atoms with van der Waals surface area (Å²) >= 11 is 1.78. The molecule has 0 amide bonds. The van der Waals surface area contributed by atoms with Crippen LogP contribution in [-0.2, 0) is 0 Å². The number of nitro groups is 1. The van der Waals surface area contributed by atoms with E-state index >= 15 is 0 Å². The predicted octanol–water partition coefficient (Wildman–Crippen LogP) is 3.55. The Morgan fingerprint density at radius 2 is 2.16 bits per heavy atom. The molecule has 1 rings (SSSR count). The van der Waals surface area contributed by atoms with Crippen molar-refractivity contribution in [3.63, 3.8) is 0 Å². The first-order valence-corrected chi connectivity index (χ1v) is 7.61. The second-order valence-corrected chi connectivity index (χ2v) is 5.40. The lowest BCUT2D eigenvalue weighted by Crippen LogP contribution is -2.07. The van der Waals surface area contributed by atoms with Crippen LogP contribution in [0.2, 0.25) is 0 Å². The maximum Gasteiger partial charge on any atom is 0.275 e. The Balaban J connectivity index is 2.78. The molecule has 0 aliphatic heterocycles. The van der Waals surface area contributed by atoms with Crippen molar-refractivity contribution < 1.29 is 9.66 Å². The molecule has 6 heteroatoms. The lowest BCUT2D eigenvalue weighted by atomic mass is 10.2. The molecule has 106 valence electrons. The lowest BCUT2D eigenvalue weighted by molar-refractivity contribution is -0.384. The van der Waals surface area contributed by atoms with E-state index in [9.17, 15) is 10.1 Å². The first-order chi connectivity index (χ1) is 9.02. The van der Waals surface area contributed by atoms with Crippen molar-refractivity contribution in [3.8, 4) is 5.75 Å². The molecule has 0 fully saturated rings. The zero-order chi connectivity index (χ0) is 14.3. The Labute approximate surface area is 117 Å². The highest BCUT2D eigenvalue weighted by atomic mass is 32.2. The average molecular weight is 284 g/mol. The summed E-state index contributed by atoms with van der Waals surface area (Å²) in [5.41, 5.74) is 0.775. The highest BCUT2D eigenvalue weighted by Gasteiger charge is 2.11. The molecule has 19 heavy (non-hydrogen) atoms. The van der Waals surface area contributed by atoms with Crippen molar-refractivity contribution in [1.82, 2.24) is 0 Å². The molecule has 0 atom stereocenters. The van der Waals surface area contributed by atoms with Crippen molar-refractivity contribution in [2.45, 2.75) is 26.4 Å². The van der Waals surface area contributed by atoms with E-state index < -0.39 is 4.92 Å². The minimum Gasteiger partial charge on any atom is -0.491 e. The Morgan fingerprint density at radius 3 is 2.74 bits per heavy atom. The zero-order valence-electron chi connectivity index (χ0n) is 11.5. The van der Waals surface area contributed by atoms with Gasteiger partial charge in [-0.1, -0.05) is 0 Å². The van der Waals surface area contributed by atoms with Crippen LogP contribution in [0.4, 0.5) is 11.4 Å². The number of rotatable bonds is 8. The van der Waals surface area contributed by atoms with Crippen LogP contribution in [0.25, 0.3) is 0 Å². The quantitative estimate of drug-likeness (QED) is 0.449. The fourth-order valence-corrected chi connectivity index (χ4v) is 2.01. The third kappa shape index (κ3) is 5.83. The molecule has 0 spiro atoms.